The van der Waals surface area contributed by atoms with Crippen LogP contribution < -0.4 is 4.74 Å². The van der Waals surface area contributed by atoms with Crippen LogP contribution in [0.2, 0.25) is 0 Å². The van der Waals surface area contributed by atoms with Crippen molar-refractivity contribution in [3.8, 4) is 5.75 Å². The van der Waals surface area contributed by atoms with Crippen LogP contribution in [0, 0.1) is 10.1 Å². The van der Waals surface area contributed by atoms with E-state index in [1.165, 1.54) is 22.6 Å². The van der Waals surface area contributed by atoms with Crippen molar-refractivity contribution in [3.05, 3.63) is 69.8 Å². The van der Waals surface area contributed by atoms with Gasteiger partial charge in [0.2, 0.25) is 0 Å². The minimum absolute atomic E-state index is 0.0108. The molecule has 0 aliphatic carbocycles. The van der Waals surface area contributed by atoms with E-state index in [0.29, 0.717) is 17.2 Å². The zero-order valence-corrected chi connectivity index (χ0v) is 15.5. The van der Waals surface area contributed by atoms with E-state index in [4.69, 9.17) is 4.74 Å². The summed E-state index contributed by atoms with van der Waals surface area (Å²) in [5.74, 6) is 0.878. The zero-order valence-electron chi connectivity index (χ0n) is 15.5. The third-order valence-corrected chi connectivity index (χ3v) is 4.45. The number of carbonyl (C=O) groups excluding carboxylic acids is 1. The molecule has 0 aliphatic rings. The van der Waals surface area contributed by atoms with E-state index in [1.807, 2.05) is 31.2 Å². The van der Waals surface area contributed by atoms with Crippen LogP contribution in [0.25, 0.3) is 0 Å². The van der Waals surface area contributed by atoms with Crippen LogP contribution in [0.5, 0.6) is 5.75 Å². The van der Waals surface area contributed by atoms with Crippen molar-refractivity contribution in [1.29, 1.82) is 0 Å². The predicted molar refractivity (Wildman–Crippen MR) is 100 cm³/mol. The van der Waals surface area contributed by atoms with Crippen molar-refractivity contribution >= 4 is 11.6 Å². The molecule has 1 atom stereocenters. The van der Waals surface area contributed by atoms with Gasteiger partial charge in [0.1, 0.15) is 5.75 Å². The maximum Gasteiger partial charge on any atom is 0.269 e. The number of non-ortho nitro benzene ring substituents is 1. The van der Waals surface area contributed by atoms with Gasteiger partial charge in [-0.05, 0) is 36.1 Å². The monoisotopic (exact) mass is 356 g/mol. The highest BCUT2D eigenvalue weighted by Crippen LogP contribution is 2.23. The molecule has 2 aromatic carbocycles. The molecule has 138 valence electrons. The number of likely N-dealkylation sites (N-methyl/N-ethyl adjacent to an activating group) is 1. The number of nitro groups is 1. The topological polar surface area (TPSA) is 72.7 Å². The predicted octanol–water partition coefficient (Wildman–Crippen LogP) is 4.32. The summed E-state index contributed by atoms with van der Waals surface area (Å²) >= 11 is 0. The Labute approximate surface area is 153 Å². The minimum Gasteiger partial charge on any atom is -0.484 e. The van der Waals surface area contributed by atoms with Gasteiger partial charge in [-0.3, -0.25) is 14.9 Å². The number of hydrogen-bond donors (Lipinski definition) is 0. The lowest BCUT2D eigenvalue weighted by atomic mass is 10.0. The molecular weight excluding hydrogens is 332 g/mol. The fraction of sp³-hybridized carbons (Fsp3) is 0.350. The highest BCUT2D eigenvalue weighted by molar-refractivity contribution is 5.78. The number of nitrogens with zero attached hydrogens (tertiary/aromatic N) is 2. The van der Waals surface area contributed by atoms with E-state index < -0.39 is 4.92 Å². The second-order valence-electron chi connectivity index (χ2n) is 6.55. The first kappa shape index (κ1) is 19.4. The van der Waals surface area contributed by atoms with E-state index in [9.17, 15) is 14.9 Å². The lowest BCUT2D eigenvalue weighted by molar-refractivity contribution is -0.384. The van der Waals surface area contributed by atoms with Gasteiger partial charge in [-0.2, -0.15) is 0 Å². The third-order valence-electron chi connectivity index (χ3n) is 4.45. The van der Waals surface area contributed by atoms with Crippen molar-refractivity contribution in [3.63, 3.8) is 0 Å². The first-order valence-corrected chi connectivity index (χ1v) is 8.52. The first-order valence-electron chi connectivity index (χ1n) is 8.52. The Morgan fingerprint density at radius 3 is 2.35 bits per heavy atom. The maximum absolute atomic E-state index is 12.4. The molecule has 2 rings (SSSR count). The molecule has 0 heterocycles. The summed E-state index contributed by atoms with van der Waals surface area (Å²) in [6.45, 7) is 5.97. The number of carbonyl (C=O) groups is 1. The lowest BCUT2D eigenvalue weighted by Gasteiger charge is -2.25. The molecule has 0 saturated heterocycles. The second-order valence-corrected chi connectivity index (χ2v) is 6.55. The smallest absolute Gasteiger partial charge is 0.269 e. The van der Waals surface area contributed by atoms with Gasteiger partial charge in [0.15, 0.2) is 6.61 Å². The van der Waals surface area contributed by atoms with Gasteiger partial charge in [-0.25, -0.2) is 0 Å². The standard InChI is InChI=1S/C20H24N2O4/c1-14(2)16-8-10-19(11-9-16)26-13-20(23)21(4)15(3)17-6-5-7-18(12-17)22(24)25/h5-12,14-15H,13H2,1-4H3. The SMILES string of the molecule is CC(C)c1ccc(OCC(=O)N(C)C(C)c2cccc([N+](=O)[O-])c2)cc1. The van der Waals surface area contributed by atoms with Gasteiger partial charge in [0.25, 0.3) is 11.6 Å². The molecule has 6 nitrogen and oxygen atoms in total. The zero-order chi connectivity index (χ0) is 19.3. The average Bonchev–Trinajstić information content (AvgIpc) is 2.65. The quantitative estimate of drug-likeness (QED) is 0.547. The summed E-state index contributed by atoms with van der Waals surface area (Å²) in [4.78, 5) is 24.4. The average molecular weight is 356 g/mol. The van der Waals surface area contributed by atoms with Crippen LogP contribution in [0.4, 0.5) is 5.69 Å². The molecule has 0 saturated carbocycles. The minimum atomic E-state index is -0.442. The highest BCUT2D eigenvalue weighted by Gasteiger charge is 2.19. The Balaban J connectivity index is 1.98. The Hall–Kier alpha value is -2.89. The van der Waals surface area contributed by atoms with E-state index >= 15 is 0 Å². The van der Waals surface area contributed by atoms with Gasteiger partial charge >= 0.3 is 0 Å². The molecule has 0 N–H and O–H groups in total. The summed E-state index contributed by atoms with van der Waals surface area (Å²) in [5.41, 5.74) is 1.92. The summed E-state index contributed by atoms with van der Waals surface area (Å²) in [5, 5.41) is 10.9. The van der Waals surface area contributed by atoms with Gasteiger partial charge < -0.3 is 9.64 Å². The Bertz CT molecular complexity index is 772. The maximum atomic E-state index is 12.4. The van der Waals surface area contributed by atoms with Crippen molar-refractivity contribution in [2.24, 2.45) is 0 Å². The van der Waals surface area contributed by atoms with E-state index in [2.05, 4.69) is 13.8 Å². The Morgan fingerprint density at radius 1 is 1.12 bits per heavy atom. The Kier molecular flexibility index (Phi) is 6.33. The van der Waals surface area contributed by atoms with Crippen molar-refractivity contribution in [2.75, 3.05) is 13.7 Å². The molecular formula is C20H24N2O4. The number of ether oxygens (including phenoxy) is 1. The molecule has 2 aromatic rings. The number of rotatable bonds is 7. The molecule has 0 bridgehead atoms. The van der Waals surface area contributed by atoms with Crippen LogP contribution in [0.15, 0.2) is 48.5 Å². The Morgan fingerprint density at radius 2 is 1.77 bits per heavy atom. The van der Waals surface area contributed by atoms with Crippen LogP contribution in [0.1, 0.15) is 43.9 Å². The number of hydrogen-bond acceptors (Lipinski definition) is 4. The van der Waals surface area contributed by atoms with E-state index in [0.717, 1.165) is 0 Å². The molecule has 0 spiro atoms. The number of amides is 1. The third kappa shape index (κ3) is 4.81. The van der Waals surface area contributed by atoms with Gasteiger partial charge in [0, 0.05) is 19.2 Å². The summed E-state index contributed by atoms with van der Waals surface area (Å²) in [7, 11) is 1.66. The number of benzene rings is 2. The van der Waals surface area contributed by atoms with E-state index in [-0.39, 0.29) is 24.2 Å². The van der Waals surface area contributed by atoms with Crippen molar-refractivity contribution < 1.29 is 14.5 Å². The van der Waals surface area contributed by atoms with Crippen LogP contribution in [0.3, 0.4) is 0 Å². The molecule has 26 heavy (non-hydrogen) atoms. The lowest BCUT2D eigenvalue weighted by Crippen LogP contribution is -2.33. The fourth-order valence-electron chi connectivity index (χ4n) is 2.53. The second kappa shape index (κ2) is 8.47. The molecule has 1 unspecified atom stereocenters. The normalized spacial score (nSPS) is 11.9. The fourth-order valence-corrected chi connectivity index (χ4v) is 2.53. The summed E-state index contributed by atoms with van der Waals surface area (Å²) < 4.78 is 5.57. The van der Waals surface area contributed by atoms with Gasteiger partial charge in [-0.15, -0.1) is 0 Å². The largest absolute Gasteiger partial charge is 0.484 e. The molecule has 0 aliphatic heterocycles. The van der Waals surface area contributed by atoms with Crippen LogP contribution in [-0.4, -0.2) is 29.4 Å². The summed E-state index contributed by atoms with van der Waals surface area (Å²) in [6, 6.07) is 13.7. The molecule has 0 aromatic heterocycles. The van der Waals surface area contributed by atoms with Crippen molar-refractivity contribution in [2.45, 2.75) is 32.7 Å². The summed E-state index contributed by atoms with van der Waals surface area (Å²) in [6.07, 6.45) is 0. The first-order chi connectivity index (χ1) is 12.3. The number of nitro benzene ring substituents is 1. The molecule has 0 fully saturated rings. The van der Waals surface area contributed by atoms with Crippen LogP contribution >= 0.6 is 0 Å². The molecule has 6 heteroatoms. The van der Waals surface area contributed by atoms with Crippen molar-refractivity contribution in [1.82, 2.24) is 4.90 Å². The van der Waals surface area contributed by atoms with E-state index in [1.54, 1.807) is 19.2 Å². The van der Waals surface area contributed by atoms with Gasteiger partial charge in [0.05, 0.1) is 11.0 Å². The highest BCUT2D eigenvalue weighted by atomic mass is 16.6. The molecule has 0 radical (unpaired) electrons. The molecule has 1 amide bonds. The van der Waals surface area contributed by atoms with Gasteiger partial charge in [-0.1, -0.05) is 38.1 Å². The van der Waals surface area contributed by atoms with Crippen LogP contribution in [-0.2, 0) is 4.79 Å².